The molecule has 1 atom stereocenters. The van der Waals surface area contributed by atoms with E-state index < -0.39 is 0 Å². The molecule has 0 radical (unpaired) electrons. The highest BCUT2D eigenvalue weighted by Gasteiger charge is 2.10. The van der Waals surface area contributed by atoms with Crippen molar-refractivity contribution >= 4 is 6.29 Å². The van der Waals surface area contributed by atoms with Crippen LogP contribution in [-0.2, 0) is 4.79 Å². The van der Waals surface area contributed by atoms with Crippen LogP contribution in [0.1, 0.15) is 20.3 Å². The van der Waals surface area contributed by atoms with Gasteiger partial charge in [-0.1, -0.05) is 13.8 Å². The summed E-state index contributed by atoms with van der Waals surface area (Å²) in [7, 11) is 0. The van der Waals surface area contributed by atoms with Crippen LogP contribution in [0.4, 0.5) is 0 Å². The number of aldehydes is 1. The Morgan fingerprint density at radius 1 is 1.67 bits per heavy atom. The minimum absolute atomic E-state index is 0.0741. The standard InChI is InChI=1S/C7H11NO/c1-6(2)7(5-9)3-4-8/h5-7H,3H2,1-2H3. The van der Waals surface area contributed by atoms with Gasteiger partial charge in [-0.25, -0.2) is 0 Å². The highest BCUT2D eigenvalue weighted by atomic mass is 16.1. The van der Waals surface area contributed by atoms with E-state index in [0.717, 1.165) is 6.29 Å². The van der Waals surface area contributed by atoms with E-state index in [1.54, 1.807) is 0 Å². The highest BCUT2D eigenvalue weighted by molar-refractivity contribution is 5.54. The molecule has 0 saturated carbocycles. The Kier molecular flexibility index (Phi) is 3.70. The van der Waals surface area contributed by atoms with Gasteiger partial charge < -0.3 is 4.79 Å². The van der Waals surface area contributed by atoms with Crippen LogP contribution in [0.3, 0.4) is 0 Å². The van der Waals surface area contributed by atoms with Gasteiger partial charge in [0, 0.05) is 12.3 Å². The van der Waals surface area contributed by atoms with Gasteiger partial charge in [0.2, 0.25) is 0 Å². The molecule has 0 amide bonds. The predicted molar refractivity (Wildman–Crippen MR) is 34.6 cm³/mol. The van der Waals surface area contributed by atoms with E-state index in [9.17, 15) is 4.79 Å². The van der Waals surface area contributed by atoms with Crippen molar-refractivity contribution in [3.63, 3.8) is 0 Å². The van der Waals surface area contributed by atoms with Gasteiger partial charge in [-0.15, -0.1) is 0 Å². The Bertz CT molecular complexity index is 123. The van der Waals surface area contributed by atoms with Crippen molar-refractivity contribution in [3.8, 4) is 6.07 Å². The van der Waals surface area contributed by atoms with E-state index in [1.165, 1.54) is 0 Å². The average Bonchev–Trinajstić information content (AvgIpc) is 1.82. The Morgan fingerprint density at radius 2 is 2.22 bits per heavy atom. The van der Waals surface area contributed by atoms with Gasteiger partial charge in [-0.3, -0.25) is 0 Å². The lowest BCUT2D eigenvalue weighted by atomic mass is 9.95. The molecule has 9 heavy (non-hydrogen) atoms. The zero-order chi connectivity index (χ0) is 7.28. The van der Waals surface area contributed by atoms with E-state index in [1.807, 2.05) is 19.9 Å². The van der Waals surface area contributed by atoms with Crippen molar-refractivity contribution in [3.05, 3.63) is 0 Å². The van der Waals surface area contributed by atoms with Crippen LogP contribution in [0.25, 0.3) is 0 Å². The van der Waals surface area contributed by atoms with E-state index in [4.69, 9.17) is 5.26 Å². The second-order valence-electron chi connectivity index (χ2n) is 2.41. The normalized spacial score (nSPS) is 12.7. The van der Waals surface area contributed by atoms with Gasteiger partial charge >= 0.3 is 0 Å². The smallest absolute Gasteiger partial charge is 0.124 e. The summed E-state index contributed by atoms with van der Waals surface area (Å²) in [4.78, 5) is 10.2. The third-order valence-corrected chi connectivity index (χ3v) is 1.36. The SMILES string of the molecule is CC(C)C(C=O)CC#N. The molecule has 2 heteroatoms. The van der Waals surface area contributed by atoms with Gasteiger partial charge in [-0.2, -0.15) is 5.26 Å². The molecular weight excluding hydrogens is 114 g/mol. The number of carbonyl (C=O) groups excluding carboxylic acids is 1. The van der Waals surface area contributed by atoms with Crippen LogP contribution in [0, 0.1) is 23.2 Å². The number of nitriles is 1. The first kappa shape index (κ1) is 8.16. The molecule has 0 aliphatic rings. The van der Waals surface area contributed by atoms with Crippen LogP contribution in [0.5, 0.6) is 0 Å². The summed E-state index contributed by atoms with van der Waals surface area (Å²) < 4.78 is 0. The predicted octanol–water partition coefficient (Wildman–Crippen LogP) is 1.37. The Labute approximate surface area is 55.5 Å². The summed E-state index contributed by atoms with van der Waals surface area (Å²) in [6.07, 6.45) is 1.20. The van der Waals surface area contributed by atoms with Crippen molar-refractivity contribution in [1.29, 1.82) is 5.26 Å². The lowest BCUT2D eigenvalue weighted by molar-refractivity contribution is -0.112. The molecule has 0 N–H and O–H groups in total. The number of carbonyl (C=O) groups is 1. The molecule has 0 heterocycles. The fourth-order valence-electron chi connectivity index (χ4n) is 0.546. The van der Waals surface area contributed by atoms with Crippen LogP contribution < -0.4 is 0 Å². The number of nitrogens with zero attached hydrogens (tertiary/aromatic N) is 1. The van der Waals surface area contributed by atoms with E-state index in [0.29, 0.717) is 12.3 Å². The molecule has 0 aromatic heterocycles. The zero-order valence-corrected chi connectivity index (χ0v) is 5.79. The third kappa shape index (κ3) is 2.86. The molecule has 0 aliphatic heterocycles. The minimum Gasteiger partial charge on any atom is -0.303 e. The Morgan fingerprint density at radius 3 is 2.33 bits per heavy atom. The first-order valence-electron chi connectivity index (χ1n) is 3.04. The molecule has 0 bridgehead atoms. The lowest BCUT2D eigenvalue weighted by Gasteiger charge is -2.07. The molecular formula is C7H11NO. The molecule has 50 valence electrons. The average molecular weight is 125 g/mol. The topological polar surface area (TPSA) is 40.9 Å². The van der Waals surface area contributed by atoms with Crippen molar-refractivity contribution in [1.82, 2.24) is 0 Å². The van der Waals surface area contributed by atoms with Crippen LogP contribution in [0.15, 0.2) is 0 Å². The van der Waals surface area contributed by atoms with E-state index in [-0.39, 0.29) is 5.92 Å². The summed E-state index contributed by atoms with van der Waals surface area (Å²) in [5.41, 5.74) is 0. The maximum Gasteiger partial charge on any atom is 0.124 e. The molecule has 0 aromatic rings. The fourth-order valence-corrected chi connectivity index (χ4v) is 0.546. The molecule has 1 unspecified atom stereocenters. The Balaban J connectivity index is 3.71. The first-order chi connectivity index (χ1) is 4.22. The Hall–Kier alpha value is -0.840. The van der Waals surface area contributed by atoms with Crippen molar-refractivity contribution in [2.24, 2.45) is 11.8 Å². The maximum atomic E-state index is 10.2. The molecule has 0 rings (SSSR count). The van der Waals surface area contributed by atoms with Crippen LogP contribution in [0.2, 0.25) is 0 Å². The van der Waals surface area contributed by atoms with Gasteiger partial charge in [-0.05, 0) is 5.92 Å². The molecule has 0 aromatic carbocycles. The fraction of sp³-hybridized carbons (Fsp3) is 0.714. The minimum atomic E-state index is -0.0741. The summed E-state index contributed by atoms with van der Waals surface area (Å²) in [6, 6.07) is 1.97. The number of hydrogen-bond donors (Lipinski definition) is 0. The molecule has 0 spiro atoms. The largest absolute Gasteiger partial charge is 0.303 e. The second kappa shape index (κ2) is 4.08. The van der Waals surface area contributed by atoms with Gasteiger partial charge in [0.1, 0.15) is 6.29 Å². The molecule has 2 nitrogen and oxygen atoms in total. The lowest BCUT2D eigenvalue weighted by Crippen LogP contribution is -2.08. The summed E-state index contributed by atoms with van der Waals surface area (Å²) in [5.74, 6) is 0.220. The highest BCUT2D eigenvalue weighted by Crippen LogP contribution is 2.10. The van der Waals surface area contributed by atoms with E-state index in [2.05, 4.69) is 0 Å². The molecule has 0 fully saturated rings. The van der Waals surface area contributed by atoms with Crippen molar-refractivity contribution in [2.75, 3.05) is 0 Å². The first-order valence-corrected chi connectivity index (χ1v) is 3.04. The van der Waals surface area contributed by atoms with Gasteiger partial charge in [0.25, 0.3) is 0 Å². The summed E-state index contributed by atoms with van der Waals surface area (Å²) in [6.45, 7) is 3.88. The van der Waals surface area contributed by atoms with Crippen molar-refractivity contribution in [2.45, 2.75) is 20.3 Å². The molecule has 0 saturated heterocycles. The van der Waals surface area contributed by atoms with Crippen LogP contribution >= 0.6 is 0 Å². The summed E-state index contributed by atoms with van der Waals surface area (Å²) in [5, 5.41) is 8.21. The summed E-state index contributed by atoms with van der Waals surface area (Å²) >= 11 is 0. The van der Waals surface area contributed by atoms with Crippen molar-refractivity contribution < 1.29 is 4.79 Å². The number of rotatable bonds is 3. The molecule has 0 aliphatic carbocycles. The zero-order valence-electron chi connectivity index (χ0n) is 5.79. The quantitative estimate of drug-likeness (QED) is 0.534. The third-order valence-electron chi connectivity index (χ3n) is 1.36. The monoisotopic (exact) mass is 125 g/mol. The maximum absolute atomic E-state index is 10.2. The number of hydrogen-bond acceptors (Lipinski definition) is 2. The van der Waals surface area contributed by atoms with Gasteiger partial charge in [0.15, 0.2) is 0 Å². The van der Waals surface area contributed by atoms with Crippen LogP contribution in [-0.4, -0.2) is 6.29 Å². The van der Waals surface area contributed by atoms with Gasteiger partial charge in [0.05, 0.1) is 6.07 Å². The second-order valence-corrected chi connectivity index (χ2v) is 2.41. The van der Waals surface area contributed by atoms with E-state index >= 15 is 0 Å².